The summed E-state index contributed by atoms with van der Waals surface area (Å²) < 4.78 is 62.9. The third kappa shape index (κ3) is 5.09. The molecule has 38 heavy (non-hydrogen) atoms. The molecule has 13 heteroatoms. The van der Waals surface area contributed by atoms with Crippen LogP contribution in [0.2, 0.25) is 0 Å². The number of halogens is 4. The van der Waals surface area contributed by atoms with E-state index < -0.39 is 52.0 Å². The number of morpholine rings is 1. The maximum atomic E-state index is 15.2. The lowest BCUT2D eigenvalue weighted by atomic mass is 10.0. The van der Waals surface area contributed by atoms with Crippen LogP contribution in [0.1, 0.15) is 16.1 Å². The van der Waals surface area contributed by atoms with Crippen molar-refractivity contribution in [2.75, 3.05) is 41.8 Å². The van der Waals surface area contributed by atoms with Gasteiger partial charge in [-0.3, -0.25) is 9.78 Å². The Balaban J connectivity index is 1.44. The number of hydrogen-bond acceptors (Lipinski definition) is 7. The van der Waals surface area contributed by atoms with Gasteiger partial charge in [0, 0.05) is 24.8 Å². The Bertz CT molecular complexity index is 1560. The van der Waals surface area contributed by atoms with Gasteiger partial charge in [0.1, 0.15) is 28.4 Å². The van der Waals surface area contributed by atoms with Gasteiger partial charge in [0.05, 0.1) is 36.8 Å². The van der Waals surface area contributed by atoms with E-state index in [0.717, 1.165) is 12.1 Å². The maximum absolute atomic E-state index is 15.2. The number of nitrogens with one attached hydrogen (secondary N) is 2. The van der Waals surface area contributed by atoms with Gasteiger partial charge in [0.15, 0.2) is 17.5 Å². The molecule has 0 atom stereocenters. The van der Waals surface area contributed by atoms with Crippen molar-refractivity contribution >= 4 is 40.0 Å². The topological polar surface area (TPSA) is 109 Å². The number of anilines is 3. The van der Waals surface area contributed by atoms with Crippen molar-refractivity contribution in [3.8, 4) is 0 Å². The Labute approximate surface area is 212 Å². The second-order valence-electron chi connectivity index (χ2n) is 8.21. The van der Waals surface area contributed by atoms with E-state index in [4.69, 9.17) is 4.74 Å². The summed E-state index contributed by atoms with van der Waals surface area (Å²) in [6.07, 6.45) is 2.74. The van der Waals surface area contributed by atoms with Crippen LogP contribution in [0.15, 0.2) is 48.8 Å². The average molecular weight is 526 g/mol. The summed E-state index contributed by atoms with van der Waals surface area (Å²) in [5, 5.41) is 4.23. The SMILES string of the molecule is O=C(Nc1cccc(F)c1)Nc1cc(F)c(F)c(C(=O)c2cc3nc(N4CCOCC4)cnc3cn2)c1F. The molecule has 194 valence electrons. The van der Waals surface area contributed by atoms with Crippen molar-refractivity contribution in [1.82, 2.24) is 15.0 Å². The molecule has 0 radical (unpaired) electrons. The number of amides is 2. The maximum Gasteiger partial charge on any atom is 0.323 e. The highest BCUT2D eigenvalue weighted by Gasteiger charge is 2.27. The van der Waals surface area contributed by atoms with E-state index in [1.54, 1.807) is 0 Å². The zero-order valence-corrected chi connectivity index (χ0v) is 19.5. The van der Waals surface area contributed by atoms with Crippen LogP contribution in [0, 0.1) is 23.3 Å². The molecule has 9 nitrogen and oxygen atoms in total. The van der Waals surface area contributed by atoms with Crippen molar-refractivity contribution in [3.63, 3.8) is 0 Å². The molecule has 0 aliphatic carbocycles. The summed E-state index contributed by atoms with van der Waals surface area (Å²) in [6.45, 7) is 2.18. The fourth-order valence-electron chi connectivity index (χ4n) is 3.85. The van der Waals surface area contributed by atoms with Crippen molar-refractivity contribution in [3.05, 3.63) is 83.3 Å². The van der Waals surface area contributed by atoms with Gasteiger partial charge in [-0.15, -0.1) is 0 Å². The summed E-state index contributed by atoms with van der Waals surface area (Å²) in [4.78, 5) is 39.9. The van der Waals surface area contributed by atoms with Crippen LogP contribution in [-0.2, 0) is 4.74 Å². The van der Waals surface area contributed by atoms with E-state index in [-0.39, 0.29) is 11.2 Å². The molecule has 0 unspecified atom stereocenters. The van der Waals surface area contributed by atoms with Crippen LogP contribution in [-0.4, -0.2) is 53.1 Å². The van der Waals surface area contributed by atoms with E-state index in [9.17, 15) is 22.8 Å². The van der Waals surface area contributed by atoms with Crippen LogP contribution < -0.4 is 15.5 Å². The Morgan fingerprint density at radius 3 is 2.45 bits per heavy atom. The van der Waals surface area contributed by atoms with E-state index >= 15 is 4.39 Å². The summed E-state index contributed by atoms with van der Waals surface area (Å²) >= 11 is 0. The van der Waals surface area contributed by atoms with Crippen LogP contribution >= 0.6 is 0 Å². The number of nitrogens with zero attached hydrogens (tertiary/aromatic N) is 4. The van der Waals surface area contributed by atoms with E-state index in [0.29, 0.717) is 43.7 Å². The fourth-order valence-corrected chi connectivity index (χ4v) is 3.85. The molecule has 1 fully saturated rings. The summed E-state index contributed by atoms with van der Waals surface area (Å²) in [6, 6.07) is 5.33. The van der Waals surface area contributed by atoms with Gasteiger partial charge in [-0.05, 0) is 24.3 Å². The lowest BCUT2D eigenvalue weighted by Crippen LogP contribution is -2.36. The molecule has 0 spiro atoms. The molecule has 5 rings (SSSR count). The Morgan fingerprint density at radius 1 is 0.895 bits per heavy atom. The van der Waals surface area contributed by atoms with Gasteiger partial charge in [-0.1, -0.05) is 6.07 Å². The van der Waals surface area contributed by atoms with Gasteiger partial charge in [0.25, 0.3) is 0 Å². The summed E-state index contributed by atoms with van der Waals surface area (Å²) in [7, 11) is 0. The number of carbonyl (C=O) groups is 2. The molecule has 2 N–H and O–H groups in total. The first kappa shape index (κ1) is 25.0. The molecule has 3 heterocycles. The van der Waals surface area contributed by atoms with Gasteiger partial charge in [0.2, 0.25) is 5.78 Å². The van der Waals surface area contributed by atoms with Crippen LogP contribution in [0.25, 0.3) is 11.0 Å². The number of urea groups is 1. The Morgan fingerprint density at radius 2 is 1.68 bits per heavy atom. The fraction of sp³-hybridized carbons (Fsp3) is 0.160. The van der Waals surface area contributed by atoms with E-state index in [2.05, 4.69) is 20.3 Å². The highest BCUT2D eigenvalue weighted by atomic mass is 19.2. The molecular formula is C25H18F4N6O3. The predicted molar refractivity (Wildman–Crippen MR) is 129 cm³/mol. The first-order chi connectivity index (χ1) is 18.3. The Hall–Kier alpha value is -4.65. The number of fused-ring (bicyclic) bond motifs is 1. The third-order valence-corrected chi connectivity index (χ3v) is 5.70. The van der Waals surface area contributed by atoms with Crippen molar-refractivity contribution in [1.29, 1.82) is 0 Å². The van der Waals surface area contributed by atoms with Gasteiger partial charge in [-0.25, -0.2) is 32.3 Å². The van der Waals surface area contributed by atoms with Gasteiger partial charge in [-0.2, -0.15) is 0 Å². The molecule has 1 saturated heterocycles. The molecule has 2 amide bonds. The molecular weight excluding hydrogens is 508 g/mol. The first-order valence-corrected chi connectivity index (χ1v) is 11.3. The second-order valence-corrected chi connectivity index (χ2v) is 8.21. The minimum absolute atomic E-state index is 0.0275. The quantitative estimate of drug-likeness (QED) is 0.227. The number of carbonyl (C=O) groups excluding carboxylic acids is 2. The van der Waals surface area contributed by atoms with Crippen LogP contribution in [0.4, 0.5) is 39.5 Å². The number of pyridine rings is 1. The van der Waals surface area contributed by atoms with Crippen molar-refractivity contribution < 1.29 is 31.9 Å². The number of benzene rings is 2. The molecule has 4 aromatic rings. The third-order valence-electron chi connectivity index (χ3n) is 5.70. The van der Waals surface area contributed by atoms with Crippen molar-refractivity contribution in [2.24, 2.45) is 0 Å². The minimum Gasteiger partial charge on any atom is -0.378 e. The van der Waals surface area contributed by atoms with Gasteiger partial charge < -0.3 is 20.3 Å². The zero-order valence-electron chi connectivity index (χ0n) is 19.5. The summed E-state index contributed by atoms with van der Waals surface area (Å²) in [5.74, 6) is -6.24. The van der Waals surface area contributed by atoms with Crippen LogP contribution in [0.3, 0.4) is 0 Å². The minimum atomic E-state index is -1.75. The number of hydrogen-bond donors (Lipinski definition) is 2. The first-order valence-electron chi connectivity index (χ1n) is 11.3. The highest BCUT2D eigenvalue weighted by Crippen LogP contribution is 2.27. The predicted octanol–water partition coefficient (Wildman–Crippen LogP) is 4.29. The smallest absolute Gasteiger partial charge is 0.323 e. The molecule has 1 aliphatic heterocycles. The summed E-state index contributed by atoms with van der Waals surface area (Å²) in [5.41, 5.74) is -1.89. The standard InChI is InChI=1S/C25H18F4N6O3/c26-13-2-1-3-14(8-13)32-25(37)34-17-9-15(27)22(28)21(23(17)29)24(36)18-10-16-19(11-30-18)31-12-20(33-16)35-4-6-38-7-5-35/h1-3,8-12H,4-7H2,(H2,32,34,37). The molecule has 2 aromatic carbocycles. The van der Waals surface area contributed by atoms with Crippen LogP contribution in [0.5, 0.6) is 0 Å². The monoisotopic (exact) mass is 526 g/mol. The molecule has 0 saturated carbocycles. The van der Waals surface area contributed by atoms with Crippen molar-refractivity contribution in [2.45, 2.75) is 0 Å². The molecule has 0 bridgehead atoms. The normalized spacial score (nSPS) is 13.4. The molecule has 2 aromatic heterocycles. The van der Waals surface area contributed by atoms with Gasteiger partial charge >= 0.3 is 6.03 Å². The largest absolute Gasteiger partial charge is 0.378 e. The number of ether oxygens (including phenoxy) is 1. The van der Waals surface area contributed by atoms with E-state index in [1.807, 2.05) is 10.2 Å². The number of ketones is 1. The molecule has 1 aliphatic rings. The second kappa shape index (κ2) is 10.4. The Kier molecular flexibility index (Phi) is 6.83. The zero-order chi connectivity index (χ0) is 26.8. The van der Waals surface area contributed by atoms with E-state index in [1.165, 1.54) is 30.6 Å². The number of aromatic nitrogens is 3. The highest BCUT2D eigenvalue weighted by molar-refractivity contribution is 6.10. The lowest BCUT2D eigenvalue weighted by Gasteiger charge is -2.27. The number of rotatable bonds is 5. The lowest BCUT2D eigenvalue weighted by molar-refractivity contribution is 0.102. The average Bonchev–Trinajstić information content (AvgIpc) is 2.91.